The van der Waals surface area contributed by atoms with Crippen LogP contribution in [0.1, 0.15) is 0 Å². The SMILES string of the molecule is c1ccc(-c2cccc(N(c3ccc(-c4ccc5ccccc5c4)cc3)c3ccc(-c4ccccc4)c(-c4cccc(-c5ccc6ccc7oc8ccccc8c7c6c5)c4)c3)c2)cc1. The van der Waals surface area contributed by atoms with Crippen molar-refractivity contribution in [3.05, 3.63) is 249 Å². The summed E-state index contributed by atoms with van der Waals surface area (Å²) in [4.78, 5) is 2.39. The van der Waals surface area contributed by atoms with Crippen molar-refractivity contribution in [1.29, 1.82) is 0 Å². The van der Waals surface area contributed by atoms with Crippen molar-refractivity contribution in [2.75, 3.05) is 4.90 Å². The van der Waals surface area contributed by atoms with Crippen LogP contribution in [0.3, 0.4) is 0 Å². The van der Waals surface area contributed by atoms with Gasteiger partial charge in [0.1, 0.15) is 11.2 Å². The van der Waals surface area contributed by atoms with E-state index in [0.717, 1.165) is 61.3 Å². The summed E-state index contributed by atoms with van der Waals surface area (Å²) < 4.78 is 6.30. The molecule has 1 aromatic heterocycles. The quantitative estimate of drug-likeness (QED) is 0.152. The molecule has 11 aromatic carbocycles. The molecule has 0 radical (unpaired) electrons. The van der Waals surface area contributed by atoms with Gasteiger partial charge in [-0.3, -0.25) is 0 Å². The van der Waals surface area contributed by atoms with Crippen LogP contribution in [-0.4, -0.2) is 0 Å². The molecule has 1 heterocycles. The first-order valence-electron chi connectivity index (χ1n) is 21.9. The van der Waals surface area contributed by atoms with Gasteiger partial charge in [0.25, 0.3) is 0 Å². The van der Waals surface area contributed by atoms with E-state index in [1.807, 2.05) is 6.07 Å². The normalized spacial score (nSPS) is 11.4. The molecule has 0 unspecified atom stereocenters. The molecule has 12 aromatic rings. The minimum absolute atomic E-state index is 0.908. The number of hydrogen-bond donors (Lipinski definition) is 0. The van der Waals surface area contributed by atoms with Crippen LogP contribution in [0, 0.1) is 0 Å². The summed E-state index contributed by atoms with van der Waals surface area (Å²) in [6, 6.07) is 89.9. The lowest BCUT2D eigenvalue weighted by Crippen LogP contribution is -2.10. The number of anilines is 3. The third kappa shape index (κ3) is 6.79. The summed E-state index contributed by atoms with van der Waals surface area (Å²) >= 11 is 0. The van der Waals surface area contributed by atoms with Crippen molar-refractivity contribution < 1.29 is 4.42 Å². The zero-order valence-corrected chi connectivity index (χ0v) is 35.0. The first-order valence-corrected chi connectivity index (χ1v) is 21.9. The molecule has 0 aliphatic heterocycles. The van der Waals surface area contributed by atoms with Gasteiger partial charge >= 0.3 is 0 Å². The van der Waals surface area contributed by atoms with Gasteiger partial charge in [-0.1, -0.05) is 182 Å². The molecule has 0 saturated heterocycles. The number of rotatable bonds is 8. The summed E-state index contributed by atoms with van der Waals surface area (Å²) in [5.74, 6) is 0. The molecule has 12 rings (SSSR count). The molecule has 2 heteroatoms. The number of nitrogens with zero attached hydrogens (tertiary/aromatic N) is 1. The van der Waals surface area contributed by atoms with Crippen LogP contribution in [0.15, 0.2) is 253 Å². The van der Waals surface area contributed by atoms with Gasteiger partial charge in [-0.05, 0) is 144 Å². The van der Waals surface area contributed by atoms with E-state index in [9.17, 15) is 0 Å². The van der Waals surface area contributed by atoms with Gasteiger partial charge in [-0.25, -0.2) is 0 Å². The van der Waals surface area contributed by atoms with Crippen molar-refractivity contribution >= 4 is 60.5 Å². The van der Waals surface area contributed by atoms with Crippen LogP contribution in [0.5, 0.6) is 0 Å². The Labute approximate surface area is 372 Å². The van der Waals surface area contributed by atoms with E-state index in [2.05, 4.69) is 248 Å². The highest BCUT2D eigenvalue weighted by Gasteiger charge is 2.19. The van der Waals surface area contributed by atoms with Gasteiger partial charge in [-0.2, -0.15) is 0 Å². The molecular formula is C62H41NO. The van der Waals surface area contributed by atoms with Crippen LogP contribution in [0.2, 0.25) is 0 Å². The van der Waals surface area contributed by atoms with Crippen LogP contribution < -0.4 is 4.90 Å². The lowest BCUT2D eigenvalue weighted by atomic mass is 9.91. The third-order valence-corrected chi connectivity index (χ3v) is 12.6. The lowest BCUT2D eigenvalue weighted by molar-refractivity contribution is 0.669. The predicted octanol–water partition coefficient (Wildman–Crippen LogP) is 17.7. The first kappa shape index (κ1) is 37.3. The largest absolute Gasteiger partial charge is 0.456 e. The Bertz CT molecular complexity index is 3660. The molecule has 0 aliphatic rings. The maximum absolute atomic E-state index is 6.30. The van der Waals surface area contributed by atoms with Crippen molar-refractivity contribution in [3.8, 4) is 55.6 Å². The topological polar surface area (TPSA) is 16.4 Å². The van der Waals surface area contributed by atoms with Gasteiger partial charge in [0, 0.05) is 27.8 Å². The Balaban J connectivity index is 1.01. The number of furan rings is 1. The van der Waals surface area contributed by atoms with Crippen LogP contribution in [0.4, 0.5) is 17.1 Å². The van der Waals surface area contributed by atoms with E-state index in [4.69, 9.17) is 4.42 Å². The summed E-state index contributed by atoms with van der Waals surface area (Å²) in [6.45, 7) is 0. The Morgan fingerprint density at radius 1 is 0.250 bits per heavy atom. The Morgan fingerprint density at radius 3 is 1.64 bits per heavy atom. The first-order chi connectivity index (χ1) is 31.7. The molecule has 0 spiro atoms. The maximum atomic E-state index is 6.30. The molecule has 2 nitrogen and oxygen atoms in total. The molecule has 0 bridgehead atoms. The highest BCUT2D eigenvalue weighted by Crippen LogP contribution is 2.43. The number of hydrogen-bond acceptors (Lipinski definition) is 2. The molecule has 0 saturated carbocycles. The average Bonchev–Trinajstić information content (AvgIpc) is 3.76. The second kappa shape index (κ2) is 15.8. The average molecular weight is 816 g/mol. The molecule has 0 fully saturated rings. The van der Waals surface area contributed by atoms with Crippen LogP contribution >= 0.6 is 0 Å². The molecule has 64 heavy (non-hydrogen) atoms. The van der Waals surface area contributed by atoms with Crippen LogP contribution in [-0.2, 0) is 0 Å². The number of benzene rings is 11. The molecule has 300 valence electrons. The second-order valence-corrected chi connectivity index (χ2v) is 16.5. The number of para-hydroxylation sites is 1. The van der Waals surface area contributed by atoms with Gasteiger partial charge in [-0.15, -0.1) is 0 Å². The summed E-state index contributed by atoms with van der Waals surface area (Å²) in [5, 5.41) is 7.17. The molecule has 0 N–H and O–H groups in total. The smallest absolute Gasteiger partial charge is 0.136 e. The monoisotopic (exact) mass is 815 g/mol. The number of fused-ring (bicyclic) bond motifs is 6. The Morgan fingerprint density at radius 2 is 0.812 bits per heavy atom. The van der Waals surface area contributed by atoms with E-state index in [0.29, 0.717) is 0 Å². The highest BCUT2D eigenvalue weighted by molar-refractivity contribution is 6.19. The molecule has 0 atom stereocenters. The van der Waals surface area contributed by atoms with Gasteiger partial charge < -0.3 is 9.32 Å². The van der Waals surface area contributed by atoms with Crippen LogP contribution in [0.25, 0.3) is 99.1 Å². The highest BCUT2D eigenvalue weighted by atomic mass is 16.3. The van der Waals surface area contributed by atoms with E-state index in [1.165, 1.54) is 54.9 Å². The van der Waals surface area contributed by atoms with Crippen molar-refractivity contribution in [2.45, 2.75) is 0 Å². The second-order valence-electron chi connectivity index (χ2n) is 16.5. The van der Waals surface area contributed by atoms with Gasteiger partial charge in [0.05, 0.1) is 0 Å². The summed E-state index contributed by atoms with van der Waals surface area (Å²) in [5.41, 5.74) is 16.8. The van der Waals surface area contributed by atoms with E-state index < -0.39 is 0 Å². The maximum Gasteiger partial charge on any atom is 0.136 e. The fourth-order valence-corrected chi connectivity index (χ4v) is 9.44. The van der Waals surface area contributed by atoms with Gasteiger partial charge in [0.15, 0.2) is 0 Å². The van der Waals surface area contributed by atoms with E-state index >= 15 is 0 Å². The van der Waals surface area contributed by atoms with Crippen molar-refractivity contribution in [1.82, 2.24) is 0 Å². The molecule has 0 amide bonds. The minimum Gasteiger partial charge on any atom is -0.456 e. The fraction of sp³-hybridized carbons (Fsp3) is 0. The van der Waals surface area contributed by atoms with E-state index in [-0.39, 0.29) is 0 Å². The van der Waals surface area contributed by atoms with Crippen molar-refractivity contribution in [2.24, 2.45) is 0 Å². The fourth-order valence-electron chi connectivity index (χ4n) is 9.44. The van der Waals surface area contributed by atoms with Crippen molar-refractivity contribution in [3.63, 3.8) is 0 Å². The Hall–Kier alpha value is -8.46. The third-order valence-electron chi connectivity index (χ3n) is 12.6. The lowest BCUT2D eigenvalue weighted by Gasteiger charge is -2.27. The predicted molar refractivity (Wildman–Crippen MR) is 271 cm³/mol. The molecule has 0 aliphatic carbocycles. The summed E-state index contributed by atoms with van der Waals surface area (Å²) in [7, 11) is 0. The standard InChI is InChI=1S/C62H41NO/c1-3-13-42(14-4-1)49-20-12-22-54(39-49)63(53-32-29-44(30-33-53)50-27-25-43-15-7-8-18-47(43)37-50)55-34-35-56(45-16-5-2-6-17-45)58(41-55)52-21-11-19-48(38-52)51-28-26-46-31-36-61-62(59(46)40-51)57-23-9-10-24-60(57)64-61/h1-41H. The Kier molecular flexibility index (Phi) is 9.20. The molecular weight excluding hydrogens is 775 g/mol. The zero-order chi connectivity index (χ0) is 42.4. The summed E-state index contributed by atoms with van der Waals surface area (Å²) in [6.07, 6.45) is 0. The van der Waals surface area contributed by atoms with E-state index in [1.54, 1.807) is 0 Å². The minimum atomic E-state index is 0.908. The zero-order valence-electron chi connectivity index (χ0n) is 35.0. The van der Waals surface area contributed by atoms with Gasteiger partial charge in [0.2, 0.25) is 0 Å².